The zero-order chi connectivity index (χ0) is 55.0. The number of carbonyl (C=O) groups is 3. The number of allylic oxidation sites excluding steroid dienone is 12. The smallest absolute Gasteiger partial charge is 0.306 e. The largest absolute Gasteiger partial charge is 0.462 e. The van der Waals surface area contributed by atoms with Gasteiger partial charge in [-0.25, -0.2) is 0 Å². The molecule has 0 bridgehead atoms. The molecule has 0 radical (unpaired) electrons. The number of hydrogen-bond donors (Lipinski definition) is 0. The minimum atomic E-state index is -0.786. The first kappa shape index (κ1) is 72.8. The molecular formula is C70H124O6. The number of esters is 3. The standard InChI is InChI=1S/C70H124O6/c1-4-7-10-13-16-19-22-25-28-29-30-31-32-33-34-35-36-37-38-39-40-41-43-45-48-51-54-57-60-63-69(72)75-66-67(65-74-68(71)62-59-56-53-50-47-44-27-24-21-18-15-12-9-6-3)76-70(73)64-61-58-55-52-49-46-42-26-23-20-17-14-11-8-5-2/h15,18,22,24-27,29-30,32-33,42,67H,4-14,16-17,19-21,23,28,31,34-41,43-66H2,1-3H3/b18-15-,25-22-,27-24-,30-29-,33-32-,42-26-. The van der Waals surface area contributed by atoms with Gasteiger partial charge < -0.3 is 14.2 Å². The van der Waals surface area contributed by atoms with Crippen molar-refractivity contribution in [3.8, 4) is 0 Å². The number of hydrogen-bond acceptors (Lipinski definition) is 6. The summed E-state index contributed by atoms with van der Waals surface area (Å²) in [6, 6.07) is 0. The van der Waals surface area contributed by atoms with Gasteiger partial charge in [0.2, 0.25) is 0 Å². The lowest BCUT2D eigenvalue weighted by Crippen LogP contribution is -2.30. The van der Waals surface area contributed by atoms with E-state index in [-0.39, 0.29) is 31.1 Å². The maximum Gasteiger partial charge on any atom is 0.306 e. The Morgan fingerprint density at radius 3 is 0.789 bits per heavy atom. The van der Waals surface area contributed by atoms with Crippen LogP contribution >= 0.6 is 0 Å². The quantitative estimate of drug-likeness (QED) is 0.0261. The Labute approximate surface area is 472 Å². The molecule has 0 N–H and O–H groups in total. The molecule has 6 heteroatoms. The SMILES string of the molecule is CCCC/C=C\C/C=C\CCCCCCCC(=O)OCC(COC(=O)CCCCCCCCCCCCCCCC/C=C\C/C=C\C/C=C\CCCCCCC)OC(=O)CCCCCCC/C=C\CCCCCCCC. The Balaban J connectivity index is 4.23. The summed E-state index contributed by atoms with van der Waals surface area (Å²) in [5.74, 6) is -0.891. The molecule has 440 valence electrons. The Kier molecular flexibility index (Phi) is 61.7. The monoisotopic (exact) mass is 1060 g/mol. The molecule has 0 aromatic heterocycles. The summed E-state index contributed by atoms with van der Waals surface area (Å²) in [6.45, 7) is 6.60. The van der Waals surface area contributed by atoms with E-state index >= 15 is 0 Å². The maximum absolute atomic E-state index is 12.9. The van der Waals surface area contributed by atoms with Crippen molar-refractivity contribution >= 4 is 17.9 Å². The van der Waals surface area contributed by atoms with Crippen LogP contribution in [0.5, 0.6) is 0 Å². The van der Waals surface area contributed by atoms with Crippen LogP contribution in [0.1, 0.15) is 335 Å². The van der Waals surface area contributed by atoms with Gasteiger partial charge in [-0.3, -0.25) is 14.4 Å². The lowest BCUT2D eigenvalue weighted by atomic mass is 10.0. The molecule has 1 unspecified atom stereocenters. The Morgan fingerprint density at radius 2 is 0.487 bits per heavy atom. The lowest BCUT2D eigenvalue weighted by molar-refractivity contribution is -0.167. The molecule has 0 aromatic rings. The van der Waals surface area contributed by atoms with Crippen LogP contribution in [-0.4, -0.2) is 37.2 Å². The second-order valence-electron chi connectivity index (χ2n) is 22.0. The fourth-order valence-electron chi connectivity index (χ4n) is 9.40. The molecule has 0 saturated heterocycles. The summed E-state index contributed by atoms with van der Waals surface area (Å²) in [7, 11) is 0. The van der Waals surface area contributed by atoms with E-state index < -0.39 is 6.10 Å². The van der Waals surface area contributed by atoms with E-state index in [1.54, 1.807) is 0 Å². The fraction of sp³-hybridized carbons (Fsp3) is 0.786. The van der Waals surface area contributed by atoms with Gasteiger partial charge in [0.15, 0.2) is 6.10 Å². The van der Waals surface area contributed by atoms with E-state index in [0.717, 1.165) is 103 Å². The normalized spacial score (nSPS) is 12.5. The minimum absolute atomic E-state index is 0.0816. The van der Waals surface area contributed by atoms with Crippen LogP contribution in [0.4, 0.5) is 0 Å². The first-order valence-corrected chi connectivity index (χ1v) is 32.9. The second-order valence-corrected chi connectivity index (χ2v) is 22.0. The number of ether oxygens (including phenoxy) is 3. The predicted molar refractivity (Wildman–Crippen MR) is 330 cm³/mol. The van der Waals surface area contributed by atoms with Crippen molar-refractivity contribution in [1.82, 2.24) is 0 Å². The Morgan fingerprint density at radius 1 is 0.263 bits per heavy atom. The summed E-state index contributed by atoms with van der Waals surface area (Å²) >= 11 is 0. The lowest BCUT2D eigenvalue weighted by Gasteiger charge is -2.18. The van der Waals surface area contributed by atoms with Crippen molar-refractivity contribution in [2.45, 2.75) is 341 Å². The Hall–Kier alpha value is -3.15. The molecule has 0 heterocycles. The third-order valence-electron chi connectivity index (χ3n) is 14.4. The summed E-state index contributed by atoms with van der Waals surface area (Å²) in [4.78, 5) is 38.3. The molecule has 0 aliphatic rings. The average Bonchev–Trinajstić information content (AvgIpc) is 3.42. The molecule has 0 fully saturated rings. The van der Waals surface area contributed by atoms with Gasteiger partial charge in [-0.2, -0.15) is 0 Å². The van der Waals surface area contributed by atoms with E-state index in [1.165, 1.54) is 193 Å². The van der Waals surface area contributed by atoms with E-state index in [0.29, 0.717) is 19.3 Å². The molecule has 76 heavy (non-hydrogen) atoms. The topological polar surface area (TPSA) is 78.9 Å². The van der Waals surface area contributed by atoms with Crippen molar-refractivity contribution in [1.29, 1.82) is 0 Å². The van der Waals surface area contributed by atoms with Crippen LogP contribution in [0, 0.1) is 0 Å². The predicted octanol–water partition coefficient (Wildman–Crippen LogP) is 22.5. The van der Waals surface area contributed by atoms with Crippen LogP contribution in [0.15, 0.2) is 72.9 Å². The molecule has 0 saturated carbocycles. The van der Waals surface area contributed by atoms with E-state index in [1.807, 2.05) is 0 Å². The van der Waals surface area contributed by atoms with Gasteiger partial charge in [0, 0.05) is 19.3 Å². The first-order valence-electron chi connectivity index (χ1n) is 32.9. The van der Waals surface area contributed by atoms with Gasteiger partial charge in [-0.15, -0.1) is 0 Å². The number of unbranched alkanes of at least 4 members (excludes halogenated alkanes) is 37. The molecule has 0 rings (SSSR count). The summed E-state index contributed by atoms with van der Waals surface area (Å²) in [5, 5.41) is 0. The second kappa shape index (κ2) is 64.4. The van der Waals surface area contributed by atoms with Crippen LogP contribution in [0.3, 0.4) is 0 Å². The molecule has 0 spiro atoms. The summed E-state index contributed by atoms with van der Waals surface area (Å²) < 4.78 is 16.9. The molecular weight excluding hydrogens is 937 g/mol. The van der Waals surface area contributed by atoms with Crippen molar-refractivity contribution in [2.24, 2.45) is 0 Å². The van der Waals surface area contributed by atoms with Gasteiger partial charge in [-0.05, 0) is 109 Å². The van der Waals surface area contributed by atoms with Crippen molar-refractivity contribution in [2.75, 3.05) is 13.2 Å². The van der Waals surface area contributed by atoms with E-state index in [9.17, 15) is 14.4 Å². The number of carbonyl (C=O) groups excluding carboxylic acids is 3. The highest BCUT2D eigenvalue weighted by molar-refractivity contribution is 5.71. The zero-order valence-electron chi connectivity index (χ0n) is 50.5. The third kappa shape index (κ3) is 61.7. The molecule has 0 aliphatic carbocycles. The Bertz CT molecular complexity index is 1400. The molecule has 0 aromatic carbocycles. The minimum Gasteiger partial charge on any atom is -0.462 e. The number of rotatable bonds is 60. The van der Waals surface area contributed by atoms with Crippen LogP contribution in [0.2, 0.25) is 0 Å². The van der Waals surface area contributed by atoms with Gasteiger partial charge in [-0.1, -0.05) is 280 Å². The summed E-state index contributed by atoms with van der Waals surface area (Å²) in [6.07, 6.45) is 83.4. The third-order valence-corrected chi connectivity index (χ3v) is 14.4. The molecule has 1 atom stereocenters. The average molecular weight is 1060 g/mol. The summed E-state index contributed by atoms with van der Waals surface area (Å²) in [5.41, 5.74) is 0. The van der Waals surface area contributed by atoms with Gasteiger partial charge >= 0.3 is 17.9 Å². The van der Waals surface area contributed by atoms with Crippen LogP contribution in [0.25, 0.3) is 0 Å². The van der Waals surface area contributed by atoms with Crippen molar-refractivity contribution < 1.29 is 28.6 Å². The van der Waals surface area contributed by atoms with Crippen LogP contribution < -0.4 is 0 Å². The van der Waals surface area contributed by atoms with E-state index in [4.69, 9.17) is 14.2 Å². The highest BCUT2D eigenvalue weighted by Crippen LogP contribution is 2.16. The highest BCUT2D eigenvalue weighted by Gasteiger charge is 2.19. The zero-order valence-corrected chi connectivity index (χ0v) is 50.5. The fourth-order valence-corrected chi connectivity index (χ4v) is 9.40. The van der Waals surface area contributed by atoms with Crippen molar-refractivity contribution in [3.63, 3.8) is 0 Å². The van der Waals surface area contributed by atoms with Crippen LogP contribution in [-0.2, 0) is 28.6 Å². The maximum atomic E-state index is 12.9. The highest BCUT2D eigenvalue weighted by atomic mass is 16.6. The van der Waals surface area contributed by atoms with Gasteiger partial charge in [0.05, 0.1) is 0 Å². The molecule has 6 nitrogen and oxygen atoms in total. The molecule has 0 amide bonds. The van der Waals surface area contributed by atoms with E-state index in [2.05, 4.69) is 93.7 Å². The first-order chi connectivity index (χ1) is 37.5. The van der Waals surface area contributed by atoms with Crippen molar-refractivity contribution in [3.05, 3.63) is 72.9 Å². The van der Waals surface area contributed by atoms with Gasteiger partial charge in [0.1, 0.15) is 13.2 Å². The van der Waals surface area contributed by atoms with Gasteiger partial charge in [0.25, 0.3) is 0 Å². The molecule has 0 aliphatic heterocycles.